The van der Waals surface area contributed by atoms with Gasteiger partial charge in [0.1, 0.15) is 11.5 Å². The van der Waals surface area contributed by atoms with Crippen LogP contribution in [0.2, 0.25) is 0 Å². The van der Waals surface area contributed by atoms with Crippen LogP contribution in [0.15, 0.2) is 34.2 Å². The number of aromatic amines is 1. The van der Waals surface area contributed by atoms with Crippen molar-refractivity contribution in [3.05, 3.63) is 45.9 Å². The van der Waals surface area contributed by atoms with Gasteiger partial charge in [0.05, 0.1) is 13.7 Å². The minimum absolute atomic E-state index is 0.0476. The molecular weight excluding hydrogens is 300 g/mol. The zero-order valence-corrected chi connectivity index (χ0v) is 13.8. The lowest BCUT2D eigenvalue weighted by atomic mass is 10.2. The summed E-state index contributed by atoms with van der Waals surface area (Å²) in [5.41, 5.74) is 1.50. The molecule has 1 aromatic heterocycles. The average Bonchev–Trinajstić information content (AvgIpc) is 2.52. The molecule has 1 heterocycles. The Kier molecular flexibility index (Phi) is 5.89. The number of H-pyrrole nitrogens is 1. The van der Waals surface area contributed by atoms with Gasteiger partial charge >= 0.3 is 0 Å². The van der Waals surface area contributed by atoms with Gasteiger partial charge in [-0.25, -0.2) is 4.98 Å². The molecule has 0 bridgehead atoms. The van der Waals surface area contributed by atoms with Crippen molar-refractivity contribution in [2.24, 2.45) is 0 Å². The monoisotopic (exact) mass is 320 g/mol. The van der Waals surface area contributed by atoms with E-state index >= 15 is 0 Å². The van der Waals surface area contributed by atoms with Crippen LogP contribution in [-0.4, -0.2) is 29.4 Å². The SMILES string of the molecule is CCc1c(C)nc(SCCOc2ccc(OC)cc2)[nH]c1=O. The highest BCUT2D eigenvalue weighted by atomic mass is 32.2. The maximum atomic E-state index is 11.9. The molecule has 0 fully saturated rings. The van der Waals surface area contributed by atoms with Crippen molar-refractivity contribution in [1.82, 2.24) is 9.97 Å². The number of ether oxygens (including phenoxy) is 2. The highest BCUT2D eigenvalue weighted by molar-refractivity contribution is 7.99. The van der Waals surface area contributed by atoms with E-state index < -0.39 is 0 Å². The fourth-order valence-corrected chi connectivity index (χ4v) is 2.77. The Morgan fingerprint density at radius 2 is 1.91 bits per heavy atom. The van der Waals surface area contributed by atoms with Crippen LogP contribution in [0.25, 0.3) is 0 Å². The normalized spacial score (nSPS) is 10.5. The third kappa shape index (κ3) is 4.27. The summed E-state index contributed by atoms with van der Waals surface area (Å²) in [4.78, 5) is 19.1. The molecule has 0 unspecified atom stereocenters. The summed E-state index contributed by atoms with van der Waals surface area (Å²) in [6.45, 7) is 4.36. The second-order valence-electron chi connectivity index (χ2n) is 4.66. The van der Waals surface area contributed by atoms with Gasteiger partial charge in [-0.3, -0.25) is 4.79 Å². The zero-order valence-electron chi connectivity index (χ0n) is 13.0. The van der Waals surface area contributed by atoms with Gasteiger partial charge < -0.3 is 14.5 Å². The lowest BCUT2D eigenvalue weighted by molar-refractivity contribution is 0.342. The van der Waals surface area contributed by atoms with E-state index in [9.17, 15) is 4.79 Å². The van der Waals surface area contributed by atoms with E-state index in [0.29, 0.717) is 23.9 Å². The van der Waals surface area contributed by atoms with Gasteiger partial charge in [0, 0.05) is 17.0 Å². The molecule has 0 saturated heterocycles. The largest absolute Gasteiger partial charge is 0.497 e. The van der Waals surface area contributed by atoms with Crippen molar-refractivity contribution in [2.75, 3.05) is 19.5 Å². The Hall–Kier alpha value is -1.95. The van der Waals surface area contributed by atoms with E-state index in [4.69, 9.17) is 9.47 Å². The first-order valence-electron chi connectivity index (χ1n) is 7.13. The number of hydrogen-bond donors (Lipinski definition) is 1. The highest BCUT2D eigenvalue weighted by Gasteiger charge is 2.06. The zero-order chi connectivity index (χ0) is 15.9. The second kappa shape index (κ2) is 7.89. The summed E-state index contributed by atoms with van der Waals surface area (Å²) in [5, 5.41) is 0.637. The quantitative estimate of drug-likeness (QED) is 0.483. The summed E-state index contributed by atoms with van der Waals surface area (Å²) in [6, 6.07) is 7.44. The molecule has 2 rings (SSSR count). The van der Waals surface area contributed by atoms with Crippen LogP contribution >= 0.6 is 11.8 Å². The first-order chi connectivity index (χ1) is 10.6. The number of aryl methyl sites for hydroxylation is 1. The number of hydrogen-bond acceptors (Lipinski definition) is 5. The van der Waals surface area contributed by atoms with Crippen LogP contribution in [0.3, 0.4) is 0 Å². The third-order valence-electron chi connectivity index (χ3n) is 3.20. The number of thioether (sulfide) groups is 1. The van der Waals surface area contributed by atoms with E-state index in [1.807, 2.05) is 38.1 Å². The lowest BCUT2D eigenvalue weighted by Gasteiger charge is -2.07. The first-order valence-corrected chi connectivity index (χ1v) is 8.12. The maximum absolute atomic E-state index is 11.9. The Labute approximate surface area is 134 Å². The molecule has 22 heavy (non-hydrogen) atoms. The predicted molar refractivity (Wildman–Crippen MR) is 88.2 cm³/mol. The van der Waals surface area contributed by atoms with Gasteiger partial charge in [0.15, 0.2) is 5.16 Å². The molecule has 0 amide bonds. The van der Waals surface area contributed by atoms with Gasteiger partial charge in [-0.15, -0.1) is 0 Å². The van der Waals surface area contributed by atoms with Gasteiger partial charge in [0.25, 0.3) is 5.56 Å². The molecule has 0 spiro atoms. The molecule has 0 aliphatic heterocycles. The van der Waals surface area contributed by atoms with E-state index in [-0.39, 0.29) is 5.56 Å². The van der Waals surface area contributed by atoms with Crippen molar-refractivity contribution < 1.29 is 9.47 Å². The van der Waals surface area contributed by atoms with E-state index in [1.54, 1.807) is 7.11 Å². The summed E-state index contributed by atoms with van der Waals surface area (Å²) in [5.74, 6) is 2.30. The average molecular weight is 320 g/mol. The van der Waals surface area contributed by atoms with Crippen molar-refractivity contribution in [3.8, 4) is 11.5 Å². The van der Waals surface area contributed by atoms with Crippen LogP contribution in [0.1, 0.15) is 18.2 Å². The number of rotatable bonds is 7. The summed E-state index contributed by atoms with van der Waals surface area (Å²) < 4.78 is 10.7. The summed E-state index contributed by atoms with van der Waals surface area (Å²) in [6.07, 6.45) is 0.694. The van der Waals surface area contributed by atoms with Gasteiger partial charge in [0.2, 0.25) is 0 Å². The number of benzene rings is 1. The first kappa shape index (κ1) is 16.4. The smallest absolute Gasteiger partial charge is 0.254 e. The van der Waals surface area contributed by atoms with Crippen molar-refractivity contribution >= 4 is 11.8 Å². The molecule has 0 radical (unpaired) electrons. The van der Waals surface area contributed by atoms with Crippen LogP contribution in [0.5, 0.6) is 11.5 Å². The predicted octanol–water partition coefficient (Wildman–Crippen LogP) is 2.82. The van der Waals surface area contributed by atoms with Crippen molar-refractivity contribution in [1.29, 1.82) is 0 Å². The maximum Gasteiger partial charge on any atom is 0.254 e. The lowest BCUT2D eigenvalue weighted by Crippen LogP contribution is -2.16. The van der Waals surface area contributed by atoms with Crippen LogP contribution in [0, 0.1) is 6.92 Å². The fourth-order valence-electron chi connectivity index (χ4n) is 2.04. The highest BCUT2D eigenvalue weighted by Crippen LogP contribution is 2.18. The molecule has 0 aliphatic carbocycles. The van der Waals surface area contributed by atoms with E-state index in [2.05, 4.69) is 9.97 Å². The summed E-state index contributed by atoms with van der Waals surface area (Å²) in [7, 11) is 1.63. The fraction of sp³-hybridized carbons (Fsp3) is 0.375. The molecule has 6 heteroatoms. The molecule has 2 aromatic rings. The van der Waals surface area contributed by atoms with Crippen LogP contribution in [0.4, 0.5) is 0 Å². The Morgan fingerprint density at radius 1 is 1.23 bits per heavy atom. The molecular formula is C16H20N2O3S. The minimum Gasteiger partial charge on any atom is -0.497 e. The van der Waals surface area contributed by atoms with E-state index in [0.717, 1.165) is 22.8 Å². The van der Waals surface area contributed by atoms with Crippen molar-refractivity contribution in [2.45, 2.75) is 25.4 Å². The second-order valence-corrected chi connectivity index (χ2v) is 5.74. The number of nitrogens with zero attached hydrogens (tertiary/aromatic N) is 1. The molecule has 1 aromatic carbocycles. The minimum atomic E-state index is -0.0476. The number of aromatic nitrogens is 2. The molecule has 1 N–H and O–H groups in total. The summed E-state index contributed by atoms with van der Waals surface area (Å²) >= 11 is 1.48. The Morgan fingerprint density at radius 3 is 2.50 bits per heavy atom. The Bertz CT molecular complexity index is 668. The Balaban J connectivity index is 1.84. The molecule has 5 nitrogen and oxygen atoms in total. The molecule has 0 aliphatic rings. The molecule has 0 atom stereocenters. The molecule has 0 saturated carbocycles. The van der Waals surface area contributed by atoms with Crippen molar-refractivity contribution in [3.63, 3.8) is 0 Å². The van der Waals surface area contributed by atoms with Gasteiger partial charge in [-0.1, -0.05) is 18.7 Å². The van der Waals surface area contributed by atoms with E-state index in [1.165, 1.54) is 11.8 Å². The number of methoxy groups -OCH3 is 1. The molecule has 118 valence electrons. The third-order valence-corrected chi connectivity index (χ3v) is 4.04. The van der Waals surface area contributed by atoms with Gasteiger partial charge in [-0.05, 0) is 37.6 Å². The van der Waals surface area contributed by atoms with Crippen LogP contribution < -0.4 is 15.0 Å². The van der Waals surface area contributed by atoms with Gasteiger partial charge in [-0.2, -0.15) is 0 Å². The topological polar surface area (TPSA) is 64.2 Å². The number of nitrogens with one attached hydrogen (secondary N) is 1. The van der Waals surface area contributed by atoms with Crippen LogP contribution in [-0.2, 0) is 6.42 Å². The standard InChI is InChI=1S/C16H20N2O3S/c1-4-14-11(2)17-16(18-15(14)19)22-10-9-21-13-7-5-12(20-3)6-8-13/h5-8H,4,9-10H2,1-3H3,(H,17,18,19).